The Bertz CT molecular complexity index is 1300. The lowest BCUT2D eigenvalue weighted by atomic mass is 9.85. The third kappa shape index (κ3) is 7.01. The van der Waals surface area contributed by atoms with Gasteiger partial charge in [-0.1, -0.05) is 26.0 Å². The molecule has 1 aliphatic carbocycles. The van der Waals surface area contributed by atoms with E-state index in [-0.39, 0.29) is 11.9 Å². The molecular formula is C31H45F2N7O2. The highest BCUT2D eigenvalue weighted by molar-refractivity contribution is 5.78. The van der Waals surface area contributed by atoms with Gasteiger partial charge in [-0.05, 0) is 63.6 Å². The van der Waals surface area contributed by atoms with Gasteiger partial charge in [0.1, 0.15) is 11.6 Å². The predicted octanol–water partition coefficient (Wildman–Crippen LogP) is 5.70. The summed E-state index contributed by atoms with van der Waals surface area (Å²) in [4.78, 5) is 18.5. The van der Waals surface area contributed by atoms with E-state index in [0.717, 1.165) is 58.3 Å². The molecule has 5 rings (SSSR count). The van der Waals surface area contributed by atoms with Gasteiger partial charge in [0.05, 0.1) is 30.3 Å². The highest BCUT2D eigenvalue weighted by atomic mass is 19.3. The van der Waals surface area contributed by atoms with E-state index in [1.807, 2.05) is 6.07 Å². The summed E-state index contributed by atoms with van der Waals surface area (Å²) in [5.41, 5.74) is 1.11. The van der Waals surface area contributed by atoms with Gasteiger partial charge in [-0.15, -0.1) is 0 Å². The van der Waals surface area contributed by atoms with Crippen LogP contribution in [-0.4, -0.2) is 89.1 Å². The van der Waals surface area contributed by atoms with Crippen LogP contribution < -0.4 is 10.2 Å². The number of hydrogen-bond donors (Lipinski definition) is 1. The molecule has 11 heteroatoms. The third-order valence-electron chi connectivity index (χ3n) is 8.55. The number of aromatic nitrogens is 4. The Labute approximate surface area is 247 Å². The largest absolute Gasteiger partial charge is 0.383 e. The van der Waals surface area contributed by atoms with Crippen molar-refractivity contribution in [3.8, 4) is 5.82 Å². The molecule has 1 N–H and O–H groups in total. The number of halogens is 2. The fourth-order valence-electron chi connectivity index (χ4n) is 6.34. The molecule has 0 bridgehead atoms. The van der Waals surface area contributed by atoms with Crippen LogP contribution in [0.2, 0.25) is 0 Å². The smallest absolute Gasteiger partial charge is 0.296 e. The molecule has 2 aliphatic rings. The van der Waals surface area contributed by atoms with Crippen molar-refractivity contribution in [2.75, 3.05) is 56.8 Å². The molecule has 1 aromatic carbocycles. The Hall–Kier alpha value is -2.89. The first-order chi connectivity index (χ1) is 20.4. The van der Waals surface area contributed by atoms with Crippen LogP contribution >= 0.6 is 0 Å². The number of alkyl halides is 2. The minimum Gasteiger partial charge on any atom is -0.383 e. The van der Waals surface area contributed by atoms with Crippen LogP contribution in [0.3, 0.4) is 0 Å². The van der Waals surface area contributed by atoms with Crippen LogP contribution in [0, 0.1) is 5.92 Å². The molecule has 0 amide bonds. The first kappa shape index (κ1) is 30.6. The molecule has 3 aromatic rings. The molecule has 2 aromatic heterocycles. The second kappa shape index (κ2) is 14.1. The van der Waals surface area contributed by atoms with Crippen molar-refractivity contribution in [2.45, 2.75) is 77.4 Å². The maximum atomic E-state index is 14.2. The summed E-state index contributed by atoms with van der Waals surface area (Å²) >= 11 is 0. The minimum absolute atomic E-state index is 0.221. The number of nitrogens with one attached hydrogen (secondary N) is 1. The van der Waals surface area contributed by atoms with E-state index in [9.17, 15) is 8.78 Å². The summed E-state index contributed by atoms with van der Waals surface area (Å²) in [6, 6.07) is 10.2. The van der Waals surface area contributed by atoms with Crippen LogP contribution in [-0.2, 0) is 9.47 Å². The third-order valence-corrected chi connectivity index (χ3v) is 8.55. The quantitative estimate of drug-likeness (QED) is 0.180. The number of hydrogen-bond acceptors (Lipinski definition) is 8. The van der Waals surface area contributed by atoms with Crippen molar-refractivity contribution in [1.82, 2.24) is 24.4 Å². The van der Waals surface area contributed by atoms with Gasteiger partial charge >= 0.3 is 0 Å². The first-order valence-corrected chi connectivity index (χ1v) is 15.4. The molecule has 3 heterocycles. The fourth-order valence-corrected chi connectivity index (χ4v) is 6.34. The second-order valence-electron chi connectivity index (χ2n) is 11.6. The highest BCUT2D eigenvalue weighted by Gasteiger charge is 2.36. The van der Waals surface area contributed by atoms with Gasteiger partial charge in [0.2, 0.25) is 5.95 Å². The van der Waals surface area contributed by atoms with Gasteiger partial charge in [0, 0.05) is 45.0 Å². The van der Waals surface area contributed by atoms with E-state index in [2.05, 4.69) is 40.9 Å². The number of rotatable bonds is 15. The van der Waals surface area contributed by atoms with E-state index in [4.69, 9.17) is 19.4 Å². The number of methoxy groups -OCH3 is 1. The van der Waals surface area contributed by atoms with Crippen molar-refractivity contribution in [3.63, 3.8) is 0 Å². The van der Waals surface area contributed by atoms with Crippen molar-refractivity contribution in [2.24, 2.45) is 5.92 Å². The number of benzene rings is 1. The van der Waals surface area contributed by atoms with Crippen LogP contribution in [0.5, 0.6) is 0 Å². The number of fused-ring (bicyclic) bond motifs is 1. The number of likely N-dealkylation sites (N-methyl/N-ethyl adjacent to an activating group) is 1. The molecule has 0 radical (unpaired) electrons. The van der Waals surface area contributed by atoms with E-state index in [0.29, 0.717) is 59.8 Å². The monoisotopic (exact) mass is 585 g/mol. The molecule has 42 heavy (non-hydrogen) atoms. The summed E-state index contributed by atoms with van der Waals surface area (Å²) in [6.45, 7) is 11.2. The zero-order valence-electron chi connectivity index (χ0n) is 25.3. The summed E-state index contributed by atoms with van der Waals surface area (Å²) in [5.74, 6) is 1.73. The molecule has 1 saturated heterocycles. The lowest BCUT2D eigenvalue weighted by Gasteiger charge is -2.39. The van der Waals surface area contributed by atoms with Crippen molar-refractivity contribution >= 4 is 22.8 Å². The predicted molar refractivity (Wildman–Crippen MR) is 162 cm³/mol. The maximum absolute atomic E-state index is 14.2. The van der Waals surface area contributed by atoms with Gasteiger partial charge in [0.25, 0.3) is 6.43 Å². The van der Waals surface area contributed by atoms with Gasteiger partial charge in [-0.3, -0.25) is 9.47 Å². The van der Waals surface area contributed by atoms with Crippen molar-refractivity contribution in [3.05, 3.63) is 36.2 Å². The molecule has 9 nitrogen and oxygen atoms in total. The summed E-state index contributed by atoms with van der Waals surface area (Å²) in [7, 11) is 1.76. The molecule has 230 valence electrons. The number of ether oxygens (including phenoxy) is 2. The molecular weight excluding hydrogens is 540 g/mol. The molecule has 1 aliphatic heterocycles. The van der Waals surface area contributed by atoms with Gasteiger partial charge in [-0.25, -0.2) is 13.8 Å². The van der Waals surface area contributed by atoms with Crippen LogP contribution in [0.15, 0.2) is 30.3 Å². The summed E-state index contributed by atoms with van der Waals surface area (Å²) in [5, 5.41) is 3.47. The zero-order valence-corrected chi connectivity index (χ0v) is 25.3. The minimum atomic E-state index is -2.74. The molecule has 2 fully saturated rings. The Kier molecular flexibility index (Phi) is 10.2. The zero-order chi connectivity index (χ0) is 29.6. The number of imidazole rings is 1. The average Bonchev–Trinajstić information content (AvgIpc) is 3.66. The summed E-state index contributed by atoms with van der Waals surface area (Å²) < 4.78 is 41.0. The highest BCUT2D eigenvalue weighted by Crippen LogP contribution is 2.33. The van der Waals surface area contributed by atoms with Gasteiger partial charge in [-0.2, -0.15) is 9.97 Å². The second-order valence-corrected chi connectivity index (χ2v) is 11.6. The topological polar surface area (TPSA) is 80.3 Å². The number of anilines is 2. The van der Waals surface area contributed by atoms with E-state index < -0.39 is 6.43 Å². The number of nitrogens with zero attached hydrogens (tertiary/aromatic N) is 6. The lowest BCUT2D eigenvalue weighted by Crippen LogP contribution is -2.45. The molecule has 1 unspecified atom stereocenters. The standard InChI is InChI=1S/C31H45F2N7O2/c1-5-15-42-20-24-18-39(24)27-16-28(40-26-10-8-7-9-25(26)35-30(40)29(32)33)37-31(36-27)34-17-22-11-13-23(14-12-22)38(6-2)21(3)19-41-4/h7-10,16,21-24,29H,5-6,11-15,17-20H2,1-4H3,(H,34,36,37)/t21?,22-,23-,24-,39?/m0/s1. The molecule has 0 spiro atoms. The average molecular weight is 586 g/mol. The first-order valence-electron chi connectivity index (χ1n) is 15.4. The van der Waals surface area contributed by atoms with Crippen molar-refractivity contribution in [1.29, 1.82) is 0 Å². The lowest BCUT2D eigenvalue weighted by molar-refractivity contribution is 0.0535. The van der Waals surface area contributed by atoms with Gasteiger partial charge < -0.3 is 19.7 Å². The Morgan fingerprint density at radius 1 is 1.07 bits per heavy atom. The van der Waals surface area contributed by atoms with Crippen LogP contribution in [0.25, 0.3) is 16.9 Å². The van der Waals surface area contributed by atoms with E-state index >= 15 is 0 Å². The van der Waals surface area contributed by atoms with E-state index in [1.165, 1.54) is 4.57 Å². The van der Waals surface area contributed by atoms with Gasteiger partial charge in [0.15, 0.2) is 5.82 Å². The van der Waals surface area contributed by atoms with E-state index in [1.54, 1.807) is 31.4 Å². The Morgan fingerprint density at radius 2 is 1.83 bits per heavy atom. The molecule has 2 atom stereocenters. The summed E-state index contributed by atoms with van der Waals surface area (Å²) in [6.07, 6.45) is 2.75. The van der Waals surface area contributed by atoms with Crippen molar-refractivity contribution < 1.29 is 18.3 Å². The SMILES string of the molecule is CCCOC[C@@H]1CN1c1cc(-n2c(C(F)F)nc3ccccc32)nc(NC[C@H]2CC[C@H](N(CC)C(C)COC)CC2)n1. The maximum Gasteiger partial charge on any atom is 0.296 e. The number of para-hydroxylation sites is 2. The van der Waals surface area contributed by atoms with Crippen LogP contribution in [0.4, 0.5) is 20.5 Å². The Balaban J connectivity index is 1.34. The molecule has 1 saturated carbocycles. The normalized spacial score (nSPS) is 21.4. The van der Waals surface area contributed by atoms with Crippen LogP contribution in [0.1, 0.15) is 65.1 Å². The Morgan fingerprint density at radius 3 is 2.55 bits per heavy atom. The fraction of sp³-hybridized carbons (Fsp3) is 0.645.